The Bertz CT molecular complexity index is 1170. The second kappa shape index (κ2) is 11.7. The van der Waals surface area contributed by atoms with E-state index in [1.165, 1.54) is 11.8 Å². The van der Waals surface area contributed by atoms with Crippen molar-refractivity contribution >= 4 is 51.7 Å². The van der Waals surface area contributed by atoms with Crippen LogP contribution in [0.5, 0.6) is 0 Å². The summed E-state index contributed by atoms with van der Waals surface area (Å²) in [6.07, 6.45) is 12.2. The minimum atomic E-state index is -0.179. The van der Waals surface area contributed by atoms with Crippen LogP contribution in [-0.4, -0.2) is 37.1 Å². The van der Waals surface area contributed by atoms with Gasteiger partial charge in [0.15, 0.2) is 0 Å². The second-order valence-electron chi connectivity index (χ2n) is 9.92. The van der Waals surface area contributed by atoms with Crippen LogP contribution in [0.2, 0.25) is 0 Å². The molecule has 2 aromatic rings. The maximum Gasteiger partial charge on any atom is 0.267 e. The first-order valence-corrected chi connectivity index (χ1v) is 14.2. The molecule has 1 atom stereocenters. The van der Waals surface area contributed by atoms with Crippen molar-refractivity contribution < 1.29 is 4.79 Å². The van der Waals surface area contributed by atoms with Crippen LogP contribution in [0.4, 0.5) is 5.82 Å². The van der Waals surface area contributed by atoms with Gasteiger partial charge in [-0.25, -0.2) is 4.98 Å². The number of aromatic nitrogens is 2. The van der Waals surface area contributed by atoms with Crippen molar-refractivity contribution in [2.45, 2.75) is 78.2 Å². The van der Waals surface area contributed by atoms with E-state index in [0.717, 1.165) is 57.3 Å². The maximum absolute atomic E-state index is 13.5. The summed E-state index contributed by atoms with van der Waals surface area (Å²) in [5.41, 5.74) is 0.836. The molecule has 0 bridgehead atoms. The van der Waals surface area contributed by atoms with Crippen LogP contribution in [0.15, 0.2) is 34.1 Å². The number of unbranched alkanes of at least 4 members (excludes halogenated alkanes) is 1. The zero-order valence-electron chi connectivity index (χ0n) is 21.0. The highest BCUT2D eigenvalue weighted by atomic mass is 32.2. The Morgan fingerprint density at radius 3 is 2.71 bits per heavy atom. The number of anilines is 1. The number of thiocarbonyl (C=S) groups is 1. The molecule has 2 aliphatic rings. The first kappa shape index (κ1) is 25.9. The molecule has 0 spiro atoms. The van der Waals surface area contributed by atoms with E-state index in [1.807, 2.05) is 18.2 Å². The third kappa shape index (κ3) is 5.97. The number of pyridine rings is 1. The molecule has 1 unspecified atom stereocenters. The van der Waals surface area contributed by atoms with Crippen LogP contribution >= 0.6 is 24.0 Å². The van der Waals surface area contributed by atoms with Gasteiger partial charge in [0, 0.05) is 18.8 Å². The summed E-state index contributed by atoms with van der Waals surface area (Å²) >= 11 is 6.87. The van der Waals surface area contributed by atoms with Crippen LogP contribution in [0, 0.1) is 11.8 Å². The molecular formula is C27H36N4O2S2. The number of fused-ring (bicyclic) bond motifs is 1. The number of nitrogens with one attached hydrogen (secondary N) is 1. The molecule has 1 N–H and O–H groups in total. The molecule has 188 valence electrons. The highest BCUT2D eigenvalue weighted by molar-refractivity contribution is 8.26. The zero-order chi connectivity index (χ0) is 24.9. The lowest BCUT2D eigenvalue weighted by Crippen LogP contribution is -2.33. The molecule has 1 aliphatic heterocycles. The van der Waals surface area contributed by atoms with Gasteiger partial charge in [0.25, 0.3) is 11.5 Å². The summed E-state index contributed by atoms with van der Waals surface area (Å²) < 4.78 is 2.11. The minimum Gasteiger partial charge on any atom is -0.367 e. The Morgan fingerprint density at radius 1 is 1.23 bits per heavy atom. The van der Waals surface area contributed by atoms with E-state index in [2.05, 4.69) is 26.1 Å². The van der Waals surface area contributed by atoms with Gasteiger partial charge in [-0.1, -0.05) is 70.1 Å². The third-order valence-electron chi connectivity index (χ3n) is 7.26. The van der Waals surface area contributed by atoms with E-state index < -0.39 is 0 Å². The smallest absolute Gasteiger partial charge is 0.267 e. The van der Waals surface area contributed by atoms with Gasteiger partial charge in [-0.05, 0) is 62.1 Å². The lowest BCUT2D eigenvalue weighted by Gasteiger charge is -2.27. The molecule has 0 radical (unpaired) electrons. The summed E-state index contributed by atoms with van der Waals surface area (Å²) in [4.78, 5) is 33.9. The predicted molar refractivity (Wildman–Crippen MR) is 150 cm³/mol. The predicted octanol–water partition coefficient (Wildman–Crippen LogP) is 6.10. The molecule has 3 heterocycles. The van der Waals surface area contributed by atoms with Crippen LogP contribution in [0.25, 0.3) is 11.7 Å². The molecule has 2 aromatic heterocycles. The quantitative estimate of drug-likeness (QED) is 0.323. The number of rotatable bonds is 9. The van der Waals surface area contributed by atoms with Gasteiger partial charge >= 0.3 is 0 Å². The number of hydrogen-bond acceptors (Lipinski definition) is 6. The van der Waals surface area contributed by atoms with Gasteiger partial charge in [-0.2, -0.15) is 0 Å². The topological polar surface area (TPSA) is 66.7 Å². The summed E-state index contributed by atoms with van der Waals surface area (Å²) in [5, 5.41) is 3.54. The first-order chi connectivity index (χ1) is 16.9. The van der Waals surface area contributed by atoms with E-state index in [0.29, 0.717) is 38.7 Å². The van der Waals surface area contributed by atoms with E-state index in [4.69, 9.17) is 17.2 Å². The van der Waals surface area contributed by atoms with Crippen LogP contribution in [0.3, 0.4) is 0 Å². The van der Waals surface area contributed by atoms with Crippen molar-refractivity contribution in [1.82, 2.24) is 14.3 Å². The number of thioether (sulfide) groups is 1. The second-order valence-corrected chi connectivity index (χ2v) is 11.6. The third-order valence-corrected chi connectivity index (χ3v) is 8.64. The van der Waals surface area contributed by atoms with Crippen molar-refractivity contribution in [3.63, 3.8) is 0 Å². The number of amides is 1. The molecule has 2 fully saturated rings. The average molecular weight is 513 g/mol. The Kier molecular flexibility index (Phi) is 8.65. The number of carbonyl (C=O) groups excluding carboxylic acids is 1. The first-order valence-electron chi connectivity index (χ1n) is 12.9. The molecule has 1 aliphatic carbocycles. The van der Waals surface area contributed by atoms with E-state index in [-0.39, 0.29) is 17.5 Å². The Hall–Kier alpha value is -2.19. The Balaban J connectivity index is 1.66. The van der Waals surface area contributed by atoms with E-state index >= 15 is 0 Å². The van der Waals surface area contributed by atoms with Gasteiger partial charge in [-0.15, -0.1) is 0 Å². The van der Waals surface area contributed by atoms with Crippen molar-refractivity contribution in [2.24, 2.45) is 11.8 Å². The fraction of sp³-hybridized carbons (Fsp3) is 0.556. The van der Waals surface area contributed by atoms with Gasteiger partial charge < -0.3 is 5.32 Å². The number of hydrogen-bond donors (Lipinski definition) is 1. The standard InChI is InChI=1S/C27H36N4O2S2/c1-4-6-9-19(5-2)17-31-26(33)22(35-27(31)34)16-21-24(28-20-13-11-18(3)12-14-20)29-23-10-7-8-15-30(23)25(21)32/h7-8,10,15-16,18-20,28H,4-6,9,11-14,17H2,1-3H3/b22-16+. The molecule has 6 nitrogen and oxygen atoms in total. The molecule has 8 heteroatoms. The molecule has 35 heavy (non-hydrogen) atoms. The van der Waals surface area contributed by atoms with E-state index in [9.17, 15) is 9.59 Å². The van der Waals surface area contributed by atoms with Crippen LogP contribution in [0.1, 0.15) is 77.7 Å². The van der Waals surface area contributed by atoms with Crippen molar-refractivity contribution in [3.05, 3.63) is 45.2 Å². The number of nitrogens with zero attached hydrogens (tertiary/aromatic N) is 3. The summed E-state index contributed by atoms with van der Waals surface area (Å²) in [6.45, 7) is 7.28. The Labute approximate surface area is 217 Å². The van der Waals surface area contributed by atoms with Gasteiger partial charge in [0.2, 0.25) is 0 Å². The molecule has 1 saturated heterocycles. The maximum atomic E-state index is 13.5. The lowest BCUT2D eigenvalue weighted by molar-refractivity contribution is -0.122. The summed E-state index contributed by atoms with van der Waals surface area (Å²) in [5.74, 6) is 1.61. The highest BCUT2D eigenvalue weighted by Gasteiger charge is 2.34. The van der Waals surface area contributed by atoms with E-state index in [1.54, 1.807) is 21.6 Å². The lowest BCUT2D eigenvalue weighted by atomic mass is 9.87. The Morgan fingerprint density at radius 2 is 2.00 bits per heavy atom. The fourth-order valence-electron chi connectivity index (χ4n) is 4.90. The minimum absolute atomic E-state index is 0.107. The van der Waals surface area contributed by atoms with Crippen molar-refractivity contribution in [1.29, 1.82) is 0 Å². The SMILES string of the molecule is CCCCC(CC)CN1C(=O)/C(=C\c2c(NC3CCC(C)CC3)nc3ccccn3c2=O)SC1=S. The van der Waals surface area contributed by atoms with Crippen LogP contribution < -0.4 is 10.9 Å². The summed E-state index contributed by atoms with van der Waals surface area (Å²) in [7, 11) is 0. The van der Waals surface area contributed by atoms with Crippen molar-refractivity contribution in [2.75, 3.05) is 11.9 Å². The van der Waals surface area contributed by atoms with Crippen molar-refractivity contribution in [3.8, 4) is 0 Å². The van der Waals surface area contributed by atoms with Gasteiger partial charge in [-0.3, -0.25) is 18.9 Å². The highest BCUT2D eigenvalue weighted by Crippen LogP contribution is 2.35. The zero-order valence-corrected chi connectivity index (χ0v) is 22.6. The largest absolute Gasteiger partial charge is 0.367 e. The summed E-state index contributed by atoms with van der Waals surface area (Å²) in [6, 6.07) is 5.80. The molecule has 4 rings (SSSR count). The normalized spacial score (nSPS) is 22.8. The monoisotopic (exact) mass is 512 g/mol. The van der Waals surface area contributed by atoms with Gasteiger partial charge in [0.05, 0.1) is 10.5 Å². The molecule has 0 aromatic carbocycles. The molecule has 1 saturated carbocycles. The fourth-order valence-corrected chi connectivity index (χ4v) is 6.16. The van der Waals surface area contributed by atoms with Crippen LogP contribution in [-0.2, 0) is 4.79 Å². The average Bonchev–Trinajstić information content (AvgIpc) is 3.12. The molecule has 1 amide bonds. The number of carbonyl (C=O) groups is 1. The molecular weight excluding hydrogens is 476 g/mol. The van der Waals surface area contributed by atoms with Gasteiger partial charge in [0.1, 0.15) is 15.8 Å².